The van der Waals surface area contributed by atoms with Crippen molar-refractivity contribution in [2.75, 3.05) is 13.1 Å². The van der Waals surface area contributed by atoms with Gasteiger partial charge in [0.25, 0.3) is 0 Å². The molecule has 0 saturated carbocycles. The standard InChI is InChI=1S/C12H20N2O3/c1-12(2,3)17-11(16)14-7-6-9(8-14)4-5-10(13)15/h4-5,9H,6-8H2,1-3H3,(H2,13,15)/b5-4+. The molecule has 1 atom stereocenters. The second-order valence-electron chi connectivity index (χ2n) is 5.24. The Labute approximate surface area is 102 Å². The van der Waals surface area contributed by atoms with Gasteiger partial charge in [-0.05, 0) is 39.2 Å². The van der Waals surface area contributed by atoms with E-state index in [-0.39, 0.29) is 12.0 Å². The molecule has 0 spiro atoms. The molecule has 5 nitrogen and oxygen atoms in total. The Bertz CT molecular complexity index is 331. The van der Waals surface area contributed by atoms with Crippen LogP contribution in [0.1, 0.15) is 27.2 Å². The predicted molar refractivity (Wildman–Crippen MR) is 64.2 cm³/mol. The van der Waals surface area contributed by atoms with Gasteiger partial charge in [-0.15, -0.1) is 0 Å². The average molecular weight is 240 g/mol. The molecule has 1 fully saturated rings. The summed E-state index contributed by atoms with van der Waals surface area (Å²) >= 11 is 0. The van der Waals surface area contributed by atoms with Gasteiger partial charge in [-0.25, -0.2) is 4.79 Å². The molecule has 0 aliphatic carbocycles. The van der Waals surface area contributed by atoms with Gasteiger partial charge in [-0.1, -0.05) is 6.08 Å². The van der Waals surface area contributed by atoms with Gasteiger partial charge < -0.3 is 15.4 Å². The smallest absolute Gasteiger partial charge is 0.410 e. The lowest BCUT2D eigenvalue weighted by Crippen LogP contribution is -2.35. The molecule has 17 heavy (non-hydrogen) atoms. The second-order valence-corrected chi connectivity index (χ2v) is 5.24. The molecular weight excluding hydrogens is 220 g/mol. The van der Waals surface area contributed by atoms with E-state index in [9.17, 15) is 9.59 Å². The predicted octanol–water partition coefficient (Wildman–Crippen LogP) is 1.28. The number of nitrogens with zero attached hydrogens (tertiary/aromatic N) is 1. The third-order valence-corrected chi connectivity index (χ3v) is 2.41. The van der Waals surface area contributed by atoms with Gasteiger partial charge in [0.15, 0.2) is 0 Å². The molecule has 1 aliphatic rings. The molecule has 0 aromatic heterocycles. The summed E-state index contributed by atoms with van der Waals surface area (Å²) in [7, 11) is 0. The maximum absolute atomic E-state index is 11.7. The zero-order chi connectivity index (χ0) is 13.1. The number of primary amides is 1. The number of carbonyl (C=O) groups is 2. The van der Waals surface area contributed by atoms with Crippen LogP contribution in [0.5, 0.6) is 0 Å². The van der Waals surface area contributed by atoms with E-state index in [1.165, 1.54) is 6.08 Å². The highest BCUT2D eigenvalue weighted by Gasteiger charge is 2.28. The van der Waals surface area contributed by atoms with Crippen molar-refractivity contribution in [1.29, 1.82) is 0 Å². The summed E-state index contributed by atoms with van der Waals surface area (Å²) in [5.41, 5.74) is 4.54. The normalized spacial score (nSPS) is 20.9. The number of ether oxygens (including phenoxy) is 1. The number of amides is 2. The first kappa shape index (κ1) is 13.5. The molecule has 0 aromatic rings. The maximum atomic E-state index is 11.7. The van der Waals surface area contributed by atoms with Crippen LogP contribution in [-0.4, -0.2) is 35.6 Å². The van der Waals surface area contributed by atoms with Crippen molar-refractivity contribution >= 4 is 12.0 Å². The number of hydrogen-bond acceptors (Lipinski definition) is 3. The third-order valence-electron chi connectivity index (χ3n) is 2.41. The molecular formula is C12H20N2O3. The van der Waals surface area contributed by atoms with E-state index in [2.05, 4.69) is 0 Å². The molecule has 5 heteroatoms. The molecule has 0 bridgehead atoms. The first-order valence-electron chi connectivity index (χ1n) is 5.73. The van der Waals surface area contributed by atoms with Gasteiger partial charge in [-0.2, -0.15) is 0 Å². The lowest BCUT2D eigenvalue weighted by molar-refractivity contribution is -0.113. The molecule has 2 N–H and O–H groups in total. The molecule has 1 saturated heterocycles. The van der Waals surface area contributed by atoms with Crippen LogP contribution in [0, 0.1) is 5.92 Å². The van der Waals surface area contributed by atoms with Crippen molar-refractivity contribution < 1.29 is 14.3 Å². The Morgan fingerprint density at radius 2 is 2.06 bits per heavy atom. The van der Waals surface area contributed by atoms with Gasteiger partial charge in [0.1, 0.15) is 5.60 Å². The number of nitrogens with two attached hydrogens (primary N) is 1. The van der Waals surface area contributed by atoms with Crippen molar-refractivity contribution in [2.45, 2.75) is 32.8 Å². The average Bonchev–Trinajstić information content (AvgIpc) is 2.60. The van der Waals surface area contributed by atoms with E-state index in [1.54, 1.807) is 11.0 Å². The van der Waals surface area contributed by atoms with Crippen LogP contribution in [0.15, 0.2) is 12.2 Å². The summed E-state index contributed by atoms with van der Waals surface area (Å²) in [6.07, 6.45) is 3.64. The van der Waals surface area contributed by atoms with Crippen LogP contribution < -0.4 is 5.73 Å². The van der Waals surface area contributed by atoms with E-state index in [1.807, 2.05) is 20.8 Å². The molecule has 0 aromatic carbocycles. The fourth-order valence-corrected chi connectivity index (χ4v) is 1.67. The number of rotatable bonds is 2. The minimum absolute atomic E-state index is 0.190. The third kappa shape index (κ3) is 4.89. The second kappa shape index (κ2) is 5.21. The van der Waals surface area contributed by atoms with Crippen LogP contribution in [0.4, 0.5) is 4.79 Å². The number of hydrogen-bond donors (Lipinski definition) is 1. The van der Waals surface area contributed by atoms with E-state index in [4.69, 9.17) is 10.5 Å². The first-order chi connectivity index (χ1) is 7.78. The van der Waals surface area contributed by atoms with Crippen LogP contribution >= 0.6 is 0 Å². The minimum atomic E-state index is -0.474. The summed E-state index contributed by atoms with van der Waals surface area (Å²) < 4.78 is 5.27. The largest absolute Gasteiger partial charge is 0.444 e. The molecule has 2 amide bonds. The van der Waals surface area contributed by atoms with Gasteiger partial charge in [0.05, 0.1) is 0 Å². The number of likely N-dealkylation sites (tertiary alicyclic amines) is 1. The lowest BCUT2D eigenvalue weighted by atomic mass is 10.1. The van der Waals surface area contributed by atoms with Gasteiger partial charge in [-0.3, -0.25) is 4.79 Å². The lowest BCUT2D eigenvalue weighted by Gasteiger charge is -2.24. The Morgan fingerprint density at radius 1 is 1.41 bits per heavy atom. The van der Waals surface area contributed by atoms with E-state index in [0.717, 1.165) is 6.42 Å². The van der Waals surface area contributed by atoms with Gasteiger partial charge in [0, 0.05) is 13.1 Å². The van der Waals surface area contributed by atoms with Crippen molar-refractivity contribution in [3.63, 3.8) is 0 Å². The van der Waals surface area contributed by atoms with Crippen molar-refractivity contribution in [1.82, 2.24) is 4.90 Å². The fraction of sp³-hybridized carbons (Fsp3) is 0.667. The summed E-state index contributed by atoms with van der Waals surface area (Å²) in [5.74, 6) is -0.268. The van der Waals surface area contributed by atoms with Gasteiger partial charge in [0.2, 0.25) is 5.91 Å². The zero-order valence-corrected chi connectivity index (χ0v) is 10.6. The van der Waals surface area contributed by atoms with Crippen LogP contribution in [0.3, 0.4) is 0 Å². The maximum Gasteiger partial charge on any atom is 0.410 e. The van der Waals surface area contributed by atoms with Crippen LogP contribution in [0.25, 0.3) is 0 Å². The molecule has 1 unspecified atom stereocenters. The summed E-state index contributed by atoms with van der Waals surface area (Å²) in [6.45, 7) is 6.75. The highest BCUT2D eigenvalue weighted by atomic mass is 16.6. The van der Waals surface area contributed by atoms with Crippen LogP contribution in [0.2, 0.25) is 0 Å². The van der Waals surface area contributed by atoms with Crippen molar-refractivity contribution in [2.24, 2.45) is 11.7 Å². The monoisotopic (exact) mass is 240 g/mol. The highest BCUT2D eigenvalue weighted by molar-refractivity contribution is 5.85. The molecule has 1 rings (SSSR count). The van der Waals surface area contributed by atoms with E-state index >= 15 is 0 Å². The van der Waals surface area contributed by atoms with E-state index < -0.39 is 11.5 Å². The Hall–Kier alpha value is -1.52. The fourth-order valence-electron chi connectivity index (χ4n) is 1.67. The van der Waals surface area contributed by atoms with Crippen LogP contribution in [-0.2, 0) is 9.53 Å². The molecule has 96 valence electrons. The quantitative estimate of drug-likeness (QED) is 0.739. The van der Waals surface area contributed by atoms with Crippen molar-refractivity contribution in [3.05, 3.63) is 12.2 Å². The minimum Gasteiger partial charge on any atom is -0.444 e. The summed E-state index contributed by atoms with van der Waals surface area (Å²) in [6, 6.07) is 0. The van der Waals surface area contributed by atoms with Gasteiger partial charge >= 0.3 is 6.09 Å². The molecule has 1 aliphatic heterocycles. The Kier molecular flexibility index (Phi) is 4.15. The zero-order valence-electron chi connectivity index (χ0n) is 10.6. The first-order valence-corrected chi connectivity index (χ1v) is 5.73. The van der Waals surface area contributed by atoms with Crippen molar-refractivity contribution in [3.8, 4) is 0 Å². The summed E-state index contributed by atoms with van der Waals surface area (Å²) in [5, 5.41) is 0. The SMILES string of the molecule is CC(C)(C)OC(=O)N1CCC(/C=C/C(N)=O)C1. The Balaban J connectivity index is 2.45. The highest BCUT2D eigenvalue weighted by Crippen LogP contribution is 2.20. The van der Waals surface area contributed by atoms with E-state index in [0.29, 0.717) is 13.1 Å². The molecule has 0 radical (unpaired) electrons. The number of carbonyl (C=O) groups excluding carboxylic acids is 2. The topological polar surface area (TPSA) is 72.6 Å². The summed E-state index contributed by atoms with van der Waals surface area (Å²) in [4.78, 5) is 24.0. The Morgan fingerprint density at radius 3 is 2.59 bits per heavy atom. The molecule has 1 heterocycles.